The number of carbonyl (C=O) groups is 2. The summed E-state index contributed by atoms with van der Waals surface area (Å²) in [5, 5.41) is 5.42. The summed E-state index contributed by atoms with van der Waals surface area (Å²) in [6.45, 7) is 8.40. The number of carbonyl (C=O) groups excluding carboxylic acids is 2. The SMILES string of the molecule is CC(C)=CC(=O)NC/C=C/CNC(=O)C=C(C)C. The Kier molecular flexibility index (Phi) is 8.27. The minimum Gasteiger partial charge on any atom is -0.349 e. The van der Waals surface area contributed by atoms with E-state index in [4.69, 9.17) is 0 Å². The van der Waals surface area contributed by atoms with E-state index in [1.165, 1.54) is 0 Å². The number of allylic oxidation sites excluding steroid dienone is 2. The first-order valence-corrected chi connectivity index (χ1v) is 5.92. The average molecular weight is 250 g/mol. The van der Waals surface area contributed by atoms with Crippen LogP contribution in [0.25, 0.3) is 0 Å². The predicted molar refractivity (Wildman–Crippen MR) is 74.0 cm³/mol. The molecule has 0 spiro atoms. The van der Waals surface area contributed by atoms with Gasteiger partial charge in [0.05, 0.1) is 0 Å². The minimum atomic E-state index is -0.103. The van der Waals surface area contributed by atoms with Crippen LogP contribution in [-0.2, 0) is 9.59 Å². The molecule has 0 unspecified atom stereocenters. The van der Waals surface area contributed by atoms with Gasteiger partial charge in [0.25, 0.3) is 0 Å². The van der Waals surface area contributed by atoms with Crippen molar-refractivity contribution in [1.29, 1.82) is 0 Å². The lowest BCUT2D eigenvalue weighted by Crippen LogP contribution is -2.23. The van der Waals surface area contributed by atoms with Crippen molar-refractivity contribution in [2.75, 3.05) is 13.1 Å². The van der Waals surface area contributed by atoms with Gasteiger partial charge in [-0.05, 0) is 27.7 Å². The molecule has 0 radical (unpaired) electrons. The smallest absolute Gasteiger partial charge is 0.244 e. The van der Waals surface area contributed by atoms with E-state index in [-0.39, 0.29) is 11.8 Å². The Morgan fingerprint density at radius 3 is 1.39 bits per heavy atom. The molecule has 4 heteroatoms. The highest BCUT2D eigenvalue weighted by atomic mass is 16.2. The Morgan fingerprint density at radius 1 is 0.778 bits per heavy atom. The van der Waals surface area contributed by atoms with E-state index in [9.17, 15) is 9.59 Å². The first-order valence-electron chi connectivity index (χ1n) is 5.92. The fourth-order valence-corrected chi connectivity index (χ4v) is 1.11. The number of hydrogen-bond acceptors (Lipinski definition) is 2. The van der Waals surface area contributed by atoms with Gasteiger partial charge in [0.2, 0.25) is 11.8 Å². The van der Waals surface area contributed by atoms with Crippen LogP contribution >= 0.6 is 0 Å². The maximum absolute atomic E-state index is 11.2. The Bertz CT molecular complexity index is 335. The molecule has 100 valence electrons. The molecule has 0 rings (SSSR count). The van der Waals surface area contributed by atoms with Crippen molar-refractivity contribution in [3.8, 4) is 0 Å². The molecular formula is C14H22N2O2. The van der Waals surface area contributed by atoms with Gasteiger partial charge >= 0.3 is 0 Å². The lowest BCUT2D eigenvalue weighted by molar-refractivity contribution is -0.117. The number of hydrogen-bond donors (Lipinski definition) is 2. The van der Waals surface area contributed by atoms with Crippen molar-refractivity contribution in [2.24, 2.45) is 0 Å². The highest BCUT2D eigenvalue weighted by molar-refractivity contribution is 5.88. The van der Waals surface area contributed by atoms with Crippen LogP contribution in [0.4, 0.5) is 0 Å². The third-order valence-electron chi connectivity index (χ3n) is 1.79. The molecular weight excluding hydrogens is 228 g/mol. The van der Waals surface area contributed by atoms with Crippen LogP contribution in [0.1, 0.15) is 27.7 Å². The van der Waals surface area contributed by atoms with Crippen LogP contribution in [0.2, 0.25) is 0 Å². The molecule has 0 saturated heterocycles. The molecule has 0 aliphatic carbocycles. The van der Waals surface area contributed by atoms with Crippen molar-refractivity contribution < 1.29 is 9.59 Å². The van der Waals surface area contributed by atoms with Gasteiger partial charge in [-0.25, -0.2) is 0 Å². The monoisotopic (exact) mass is 250 g/mol. The second-order valence-electron chi connectivity index (χ2n) is 4.41. The molecule has 4 nitrogen and oxygen atoms in total. The molecule has 0 bridgehead atoms. The lowest BCUT2D eigenvalue weighted by atomic mass is 10.3. The molecule has 2 N–H and O–H groups in total. The van der Waals surface area contributed by atoms with Crippen molar-refractivity contribution >= 4 is 11.8 Å². The van der Waals surface area contributed by atoms with Gasteiger partial charge in [-0.1, -0.05) is 23.3 Å². The van der Waals surface area contributed by atoms with Gasteiger partial charge in [-0.2, -0.15) is 0 Å². The van der Waals surface area contributed by atoms with E-state index in [0.29, 0.717) is 13.1 Å². The summed E-state index contributed by atoms with van der Waals surface area (Å²) in [6.07, 6.45) is 6.70. The van der Waals surface area contributed by atoms with Crippen molar-refractivity contribution in [2.45, 2.75) is 27.7 Å². The molecule has 0 atom stereocenters. The quantitative estimate of drug-likeness (QED) is 0.557. The van der Waals surface area contributed by atoms with Crippen molar-refractivity contribution in [3.63, 3.8) is 0 Å². The summed E-state index contributed by atoms with van der Waals surface area (Å²) in [5.74, 6) is -0.207. The zero-order valence-corrected chi connectivity index (χ0v) is 11.5. The third kappa shape index (κ3) is 10.7. The molecule has 0 saturated carbocycles. The van der Waals surface area contributed by atoms with Gasteiger partial charge in [-0.15, -0.1) is 0 Å². The molecule has 0 aromatic heterocycles. The van der Waals surface area contributed by atoms with Crippen LogP contribution in [-0.4, -0.2) is 24.9 Å². The van der Waals surface area contributed by atoms with E-state index >= 15 is 0 Å². The molecule has 18 heavy (non-hydrogen) atoms. The zero-order valence-electron chi connectivity index (χ0n) is 11.5. The molecule has 0 aliphatic heterocycles. The van der Waals surface area contributed by atoms with Crippen LogP contribution in [0, 0.1) is 0 Å². The standard InChI is InChI=1S/C14H22N2O2/c1-11(2)9-13(17)15-7-5-6-8-16-14(18)10-12(3)4/h5-6,9-10H,7-8H2,1-4H3,(H,15,17)(H,16,18)/b6-5+. The first-order chi connectivity index (χ1) is 8.41. The molecule has 0 fully saturated rings. The highest BCUT2D eigenvalue weighted by Gasteiger charge is 1.93. The summed E-state index contributed by atoms with van der Waals surface area (Å²) < 4.78 is 0. The Balaban J connectivity index is 3.74. The predicted octanol–water partition coefficient (Wildman–Crippen LogP) is 1.71. The average Bonchev–Trinajstić information content (AvgIpc) is 2.20. The van der Waals surface area contributed by atoms with Gasteiger partial charge in [0.1, 0.15) is 0 Å². The molecule has 0 aromatic rings. The first kappa shape index (κ1) is 16.2. The topological polar surface area (TPSA) is 58.2 Å². The van der Waals surface area contributed by atoms with Gasteiger partial charge in [0, 0.05) is 25.2 Å². The third-order valence-corrected chi connectivity index (χ3v) is 1.79. The van der Waals surface area contributed by atoms with Gasteiger partial charge < -0.3 is 10.6 Å². The molecule has 0 aromatic carbocycles. The normalized spacial score (nSPS) is 9.78. The van der Waals surface area contributed by atoms with Crippen LogP contribution in [0.5, 0.6) is 0 Å². The van der Waals surface area contributed by atoms with Crippen LogP contribution < -0.4 is 10.6 Å². The van der Waals surface area contributed by atoms with Crippen LogP contribution in [0.15, 0.2) is 35.5 Å². The van der Waals surface area contributed by atoms with E-state index in [1.54, 1.807) is 24.3 Å². The Hall–Kier alpha value is -1.84. The summed E-state index contributed by atoms with van der Waals surface area (Å²) in [6, 6.07) is 0. The van der Waals surface area contributed by atoms with Crippen molar-refractivity contribution in [1.82, 2.24) is 10.6 Å². The zero-order chi connectivity index (χ0) is 14.0. The number of amides is 2. The highest BCUT2D eigenvalue weighted by Crippen LogP contribution is 1.87. The van der Waals surface area contributed by atoms with Crippen LogP contribution in [0.3, 0.4) is 0 Å². The van der Waals surface area contributed by atoms with Gasteiger partial charge in [0.15, 0.2) is 0 Å². The lowest BCUT2D eigenvalue weighted by Gasteiger charge is -1.99. The second kappa shape index (κ2) is 9.22. The molecule has 2 amide bonds. The second-order valence-corrected chi connectivity index (χ2v) is 4.41. The summed E-state index contributed by atoms with van der Waals surface area (Å²) in [7, 11) is 0. The summed E-state index contributed by atoms with van der Waals surface area (Å²) in [4.78, 5) is 22.4. The Labute approximate surface area is 109 Å². The maximum Gasteiger partial charge on any atom is 0.244 e. The number of nitrogens with one attached hydrogen (secondary N) is 2. The van der Waals surface area contributed by atoms with E-state index in [0.717, 1.165) is 11.1 Å². The largest absolute Gasteiger partial charge is 0.349 e. The molecule has 0 aliphatic rings. The van der Waals surface area contributed by atoms with Crippen molar-refractivity contribution in [3.05, 3.63) is 35.5 Å². The number of rotatable bonds is 6. The summed E-state index contributed by atoms with van der Waals surface area (Å²) >= 11 is 0. The maximum atomic E-state index is 11.2. The Morgan fingerprint density at radius 2 is 1.11 bits per heavy atom. The minimum absolute atomic E-state index is 0.103. The summed E-state index contributed by atoms with van der Waals surface area (Å²) in [5.41, 5.74) is 1.93. The van der Waals surface area contributed by atoms with Gasteiger partial charge in [-0.3, -0.25) is 9.59 Å². The fraction of sp³-hybridized carbons (Fsp3) is 0.429. The van der Waals surface area contributed by atoms with E-state index in [1.807, 2.05) is 27.7 Å². The van der Waals surface area contributed by atoms with E-state index < -0.39 is 0 Å². The molecule has 0 heterocycles. The van der Waals surface area contributed by atoms with E-state index in [2.05, 4.69) is 10.6 Å². The fourth-order valence-electron chi connectivity index (χ4n) is 1.11.